The molecule has 35 heavy (non-hydrogen) atoms. The molecule has 10 heteroatoms. The molecule has 2 atom stereocenters. The summed E-state index contributed by atoms with van der Waals surface area (Å²) < 4.78 is 9.92. The predicted octanol–water partition coefficient (Wildman–Crippen LogP) is 2.94. The molecule has 8 nitrogen and oxygen atoms in total. The lowest BCUT2D eigenvalue weighted by Crippen LogP contribution is -2.44. The first-order valence-electron chi connectivity index (χ1n) is 11.3. The van der Waals surface area contributed by atoms with Crippen LogP contribution in [0.5, 0.6) is 5.75 Å². The number of piperidine rings is 1. The third-order valence-electron chi connectivity index (χ3n) is 6.12. The number of halogens is 1. The highest BCUT2D eigenvalue weighted by molar-refractivity contribution is 7.19. The molecule has 4 aromatic rings. The van der Waals surface area contributed by atoms with Crippen LogP contribution in [0.25, 0.3) is 21.3 Å². The van der Waals surface area contributed by atoms with Crippen LogP contribution < -0.4 is 21.3 Å². The Morgan fingerprint density at radius 3 is 2.86 bits per heavy atom. The Morgan fingerprint density at radius 2 is 2.06 bits per heavy atom. The number of nitrogens with one attached hydrogen (secondary N) is 1. The maximum atomic E-state index is 12.5. The van der Waals surface area contributed by atoms with E-state index >= 15 is 0 Å². The van der Waals surface area contributed by atoms with Crippen molar-refractivity contribution in [2.24, 2.45) is 7.05 Å². The summed E-state index contributed by atoms with van der Waals surface area (Å²) in [4.78, 5) is 30.2. The van der Waals surface area contributed by atoms with Gasteiger partial charge < -0.3 is 19.7 Å². The zero-order valence-electron chi connectivity index (χ0n) is 19.3. The molecule has 3 aromatic heterocycles. The molecule has 1 saturated heterocycles. The molecule has 0 unspecified atom stereocenters. The van der Waals surface area contributed by atoms with Gasteiger partial charge in [0.05, 0.1) is 22.9 Å². The van der Waals surface area contributed by atoms with E-state index in [9.17, 15) is 14.7 Å². The Labute approximate surface area is 210 Å². The Bertz CT molecular complexity index is 1530. The summed E-state index contributed by atoms with van der Waals surface area (Å²) in [5, 5.41) is 13.9. The molecule has 0 saturated carbocycles. The number of β-amino-alcohol motifs (C(OH)–C–C–N with tert-alkyl or cyclic N) is 1. The van der Waals surface area contributed by atoms with Gasteiger partial charge in [0.2, 0.25) is 0 Å². The fourth-order valence-electron chi connectivity index (χ4n) is 4.42. The monoisotopic (exact) mass is 512 g/mol. The van der Waals surface area contributed by atoms with E-state index in [1.807, 2.05) is 31.2 Å². The quantitative estimate of drug-likeness (QED) is 0.426. The van der Waals surface area contributed by atoms with Gasteiger partial charge in [-0.2, -0.15) is 0 Å². The van der Waals surface area contributed by atoms with E-state index in [1.54, 1.807) is 13.2 Å². The number of aryl methyl sites for hydroxylation is 2. The molecule has 2 N–H and O–H groups in total. The third kappa shape index (κ3) is 4.77. The first-order valence-corrected chi connectivity index (χ1v) is 12.5. The van der Waals surface area contributed by atoms with Gasteiger partial charge in [-0.1, -0.05) is 11.6 Å². The van der Waals surface area contributed by atoms with Crippen molar-refractivity contribution in [3.05, 3.63) is 79.0 Å². The minimum absolute atomic E-state index is 0.163. The first-order chi connectivity index (χ1) is 16.8. The van der Waals surface area contributed by atoms with Gasteiger partial charge in [-0.25, -0.2) is 4.79 Å². The van der Waals surface area contributed by atoms with Crippen LogP contribution in [-0.2, 0) is 13.6 Å². The van der Waals surface area contributed by atoms with Crippen LogP contribution in [0, 0.1) is 6.92 Å². The fraction of sp³-hybridized carbons (Fsp3) is 0.320. The number of fused-ring (bicyclic) bond motifs is 1. The standard InChI is InChI=1S/C25H25ClN4O4S/c1-14-7-15(26)8-20(23(14)34-17-9-16(31)11-27-12-17)19-3-5-28-21-10-18(35-24(19)21)13-30-22(32)4-6-29(2)25(30)33/h3-8,10,16-17,27,31H,9,11-13H2,1-2H3/t16-,17-/m0/s1. The largest absolute Gasteiger partial charge is 0.488 e. The van der Waals surface area contributed by atoms with Crippen molar-refractivity contribution in [2.45, 2.75) is 32.1 Å². The van der Waals surface area contributed by atoms with Gasteiger partial charge in [-0.15, -0.1) is 11.3 Å². The van der Waals surface area contributed by atoms with Crippen molar-refractivity contribution < 1.29 is 9.84 Å². The third-order valence-corrected chi connectivity index (χ3v) is 7.48. The van der Waals surface area contributed by atoms with Crippen molar-refractivity contribution in [1.29, 1.82) is 0 Å². The van der Waals surface area contributed by atoms with Crippen molar-refractivity contribution in [3.63, 3.8) is 0 Å². The summed E-state index contributed by atoms with van der Waals surface area (Å²) in [6.45, 7) is 3.32. The van der Waals surface area contributed by atoms with E-state index in [0.717, 1.165) is 31.8 Å². The summed E-state index contributed by atoms with van der Waals surface area (Å²) in [6.07, 6.45) is 3.12. The molecule has 1 fully saturated rings. The van der Waals surface area contributed by atoms with Crippen LogP contribution in [0.4, 0.5) is 0 Å². The number of ether oxygens (including phenoxy) is 1. The molecule has 1 aliphatic rings. The molecule has 4 heterocycles. The summed E-state index contributed by atoms with van der Waals surface area (Å²) in [7, 11) is 1.62. The van der Waals surface area contributed by atoms with Crippen molar-refractivity contribution in [3.8, 4) is 16.9 Å². The maximum Gasteiger partial charge on any atom is 0.331 e. The van der Waals surface area contributed by atoms with E-state index < -0.39 is 6.10 Å². The molecule has 0 aliphatic carbocycles. The van der Waals surface area contributed by atoms with Crippen LogP contribution >= 0.6 is 22.9 Å². The van der Waals surface area contributed by atoms with Gasteiger partial charge in [0, 0.05) is 66.0 Å². The zero-order valence-corrected chi connectivity index (χ0v) is 20.9. The van der Waals surface area contributed by atoms with E-state index in [1.165, 1.54) is 32.7 Å². The number of hydrogen-bond donors (Lipinski definition) is 2. The van der Waals surface area contributed by atoms with Crippen LogP contribution in [0.1, 0.15) is 16.9 Å². The number of pyridine rings is 1. The number of hydrogen-bond acceptors (Lipinski definition) is 7. The van der Waals surface area contributed by atoms with Crippen molar-refractivity contribution >= 4 is 33.2 Å². The average molecular weight is 513 g/mol. The number of aliphatic hydroxyl groups excluding tert-OH is 1. The summed E-state index contributed by atoms with van der Waals surface area (Å²) in [5.74, 6) is 0.714. The number of nitrogens with zero attached hydrogens (tertiary/aromatic N) is 3. The summed E-state index contributed by atoms with van der Waals surface area (Å²) in [6, 6.07) is 8.95. The van der Waals surface area contributed by atoms with E-state index in [2.05, 4.69) is 10.3 Å². The van der Waals surface area contributed by atoms with Gasteiger partial charge in [0.25, 0.3) is 5.56 Å². The van der Waals surface area contributed by atoms with Gasteiger partial charge in [0.15, 0.2) is 0 Å². The molecular formula is C25H25ClN4O4S. The highest BCUT2D eigenvalue weighted by atomic mass is 35.5. The van der Waals surface area contributed by atoms with Crippen molar-refractivity contribution in [2.75, 3.05) is 13.1 Å². The van der Waals surface area contributed by atoms with Crippen molar-refractivity contribution in [1.82, 2.24) is 19.4 Å². The predicted molar refractivity (Wildman–Crippen MR) is 138 cm³/mol. The van der Waals surface area contributed by atoms with Gasteiger partial charge in [-0.05, 0) is 36.8 Å². The molecular weight excluding hydrogens is 488 g/mol. The molecule has 5 rings (SSSR count). The molecule has 0 bridgehead atoms. The normalized spacial score (nSPS) is 18.2. The SMILES string of the molecule is Cc1cc(Cl)cc(-c2ccnc3cc(Cn4c(=O)ccn(C)c4=O)sc23)c1O[C@@H]1CNC[C@@H](O)C1. The van der Waals surface area contributed by atoms with Crippen LogP contribution in [0.15, 0.2) is 52.3 Å². The lowest BCUT2D eigenvalue weighted by atomic mass is 10.0. The second-order valence-electron chi connectivity index (χ2n) is 8.81. The van der Waals surface area contributed by atoms with Crippen LogP contribution in [0.3, 0.4) is 0 Å². The minimum atomic E-state index is -0.452. The maximum absolute atomic E-state index is 12.5. The van der Waals surface area contributed by atoms with E-state index in [0.29, 0.717) is 30.3 Å². The van der Waals surface area contributed by atoms with E-state index in [4.69, 9.17) is 16.3 Å². The highest BCUT2D eigenvalue weighted by Crippen LogP contribution is 2.42. The number of aliphatic hydroxyl groups is 1. The van der Waals surface area contributed by atoms with Crippen LogP contribution in [-0.4, -0.2) is 44.5 Å². The molecule has 1 aliphatic heterocycles. The second kappa shape index (κ2) is 9.58. The molecule has 0 spiro atoms. The number of aromatic nitrogens is 3. The lowest BCUT2D eigenvalue weighted by molar-refractivity contribution is 0.0658. The zero-order chi connectivity index (χ0) is 24.7. The first kappa shape index (κ1) is 23.7. The van der Waals surface area contributed by atoms with Gasteiger partial charge >= 0.3 is 5.69 Å². The topological polar surface area (TPSA) is 98.4 Å². The minimum Gasteiger partial charge on any atom is -0.488 e. The Hall–Kier alpha value is -2.98. The fourth-order valence-corrected chi connectivity index (χ4v) is 5.82. The Balaban J connectivity index is 1.58. The molecule has 182 valence electrons. The van der Waals surface area contributed by atoms with Gasteiger partial charge in [0.1, 0.15) is 11.9 Å². The number of rotatable bonds is 5. The number of thiophene rings is 1. The van der Waals surface area contributed by atoms with E-state index in [-0.39, 0.29) is 23.9 Å². The average Bonchev–Trinajstić information content (AvgIpc) is 3.24. The van der Waals surface area contributed by atoms with Gasteiger partial charge in [-0.3, -0.25) is 14.3 Å². The lowest BCUT2D eigenvalue weighted by Gasteiger charge is -2.29. The number of benzene rings is 1. The Morgan fingerprint density at radius 1 is 1.23 bits per heavy atom. The molecule has 0 amide bonds. The summed E-state index contributed by atoms with van der Waals surface area (Å²) in [5.41, 5.74) is 2.69. The molecule has 0 radical (unpaired) electrons. The Kier molecular flexibility index (Phi) is 6.50. The summed E-state index contributed by atoms with van der Waals surface area (Å²) >= 11 is 7.94. The molecule has 1 aromatic carbocycles. The second-order valence-corrected chi connectivity index (χ2v) is 10.4. The smallest absolute Gasteiger partial charge is 0.331 e. The van der Waals surface area contributed by atoms with Crippen LogP contribution in [0.2, 0.25) is 5.02 Å². The highest BCUT2D eigenvalue weighted by Gasteiger charge is 2.24.